The van der Waals surface area contributed by atoms with E-state index in [4.69, 9.17) is 8.19 Å². The molecule has 0 bridgehead atoms. The summed E-state index contributed by atoms with van der Waals surface area (Å²) in [6.45, 7) is 0. The Labute approximate surface area is 87.4 Å². The molecule has 0 atom stereocenters. The molecule has 1 aromatic carbocycles. The van der Waals surface area contributed by atoms with Gasteiger partial charge in [0.25, 0.3) is 0 Å². The molecule has 0 saturated carbocycles. The Bertz CT molecular complexity index is 439. The predicted molar refractivity (Wildman–Crippen MR) is 50.2 cm³/mol. The van der Waals surface area contributed by atoms with Crippen molar-refractivity contribution in [2.24, 2.45) is 0 Å². The van der Waals surface area contributed by atoms with Crippen molar-refractivity contribution in [2.75, 3.05) is 7.11 Å². The van der Waals surface area contributed by atoms with Gasteiger partial charge in [0, 0.05) is 0 Å². The fourth-order valence-electron chi connectivity index (χ4n) is 1.00. The Morgan fingerprint density at radius 2 is 2.07 bits per heavy atom. The summed E-state index contributed by atoms with van der Waals surface area (Å²) in [5, 5.41) is 10.5. The van der Waals surface area contributed by atoms with Crippen LogP contribution < -0.4 is 9.09 Å². The summed E-state index contributed by atoms with van der Waals surface area (Å²) >= 11 is -5.09. The maximum absolute atomic E-state index is 10.9. The van der Waals surface area contributed by atoms with Crippen LogP contribution >= 0.6 is 0 Å². The van der Waals surface area contributed by atoms with E-state index in [1.165, 1.54) is 7.11 Å². The van der Waals surface area contributed by atoms with Crippen molar-refractivity contribution >= 4 is 24.2 Å². The summed E-state index contributed by atoms with van der Waals surface area (Å²) in [5.41, 5.74) is -0.459. The molecule has 0 aliphatic carbocycles. The molecule has 0 unspecified atom stereocenters. The molecule has 0 heterocycles. The molecule has 0 aliphatic heterocycles. The zero-order valence-electron chi connectivity index (χ0n) is 7.65. The number of nitro groups is 1. The molecule has 0 amide bonds. The van der Waals surface area contributed by atoms with Gasteiger partial charge < -0.3 is 0 Å². The number of benzene rings is 1. The van der Waals surface area contributed by atoms with E-state index in [1.807, 2.05) is 0 Å². The number of nitrogens with zero attached hydrogens (tertiary/aromatic N) is 1. The third-order valence-electron chi connectivity index (χ3n) is 1.70. The predicted octanol–water partition coefficient (Wildman–Crippen LogP) is -0.836. The molecule has 0 fully saturated rings. The second kappa shape index (κ2) is 4.06. The van der Waals surface area contributed by atoms with Crippen LogP contribution in [0.3, 0.4) is 0 Å². The summed E-state index contributed by atoms with van der Waals surface area (Å²) in [6, 6.07) is 3.11. The molecule has 0 aromatic heterocycles. The van der Waals surface area contributed by atoms with Gasteiger partial charge in [-0.15, -0.1) is 0 Å². The Morgan fingerprint density at radius 1 is 1.47 bits per heavy atom. The zero-order valence-corrected chi connectivity index (χ0v) is 9.53. The van der Waals surface area contributed by atoms with Crippen LogP contribution in [0.15, 0.2) is 18.2 Å². The monoisotopic (exact) mass is 277 g/mol. The first-order chi connectivity index (χ1) is 6.86. The molecular formula is C7H8AsNO6. The average Bonchev–Trinajstić information content (AvgIpc) is 2.15. The van der Waals surface area contributed by atoms with Crippen LogP contribution in [0, 0.1) is 10.1 Å². The van der Waals surface area contributed by atoms with Gasteiger partial charge in [0.2, 0.25) is 0 Å². The van der Waals surface area contributed by atoms with E-state index in [1.54, 1.807) is 0 Å². The Morgan fingerprint density at radius 3 is 2.47 bits per heavy atom. The van der Waals surface area contributed by atoms with Gasteiger partial charge in [-0.2, -0.15) is 0 Å². The van der Waals surface area contributed by atoms with Gasteiger partial charge in [-0.25, -0.2) is 0 Å². The quantitative estimate of drug-likeness (QED) is 0.423. The first kappa shape index (κ1) is 11.8. The van der Waals surface area contributed by atoms with Crippen LogP contribution in [-0.4, -0.2) is 34.4 Å². The topological polar surface area (TPSA) is 110 Å². The standard InChI is InChI=1S/C7H8AsNO6/c1-15-7-3-2-5(8(10,11)12)4-6(7)9(13)14/h2-4H,1H3,(H2,10,11,12). The summed E-state index contributed by atoms with van der Waals surface area (Å²) < 4.78 is 33.0. The molecule has 0 radical (unpaired) electrons. The fraction of sp³-hybridized carbons (Fsp3) is 0.143. The third-order valence-corrected chi connectivity index (χ3v) is 3.69. The van der Waals surface area contributed by atoms with Crippen molar-refractivity contribution in [3.8, 4) is 5.75 Å². The van der Waals surface area contributed by atoms with Crippen LogP contribution in [0.2, 0.25) is 0 Å². The van der Waals surface area contributed by atoms with Gasteiger partial charge in [-0.1, -0.05) is 0 Å². The van der Waals surface area contributed by atoms with Crippen LogP contribution in [0.25, 0.3) is 0 Å². The molecule has 1 aromatic rings. The Balaban J connectivity index is 3.35. The van der Waals surface area contributed by atoms with Crippen LogP contribution in [0.4, 0.5) is 5.69 Å². The van der Waals surface area contributed by atoms with E-state index < -0.39 is 24.8 Å². The van der Waals surface area contributed by atoms with Crippen molar-refractivity contribution in [1.29, 1.82) is 0 Å². The maximum atomic E-state index is 10.9. The summed E-state index contributed by atoms with van der Waals surface area (Å²) in [5.74, 6) is -0.0345. The molecule has 2 N–H and O–H groups in total. The third kappa shape index (κ3) is 2.59. The molecule has 7 nitrogen and oxygen atoms in total. The van der Waals surface area contributed by atoms with E-state index >= 15 is 0 Å². The number of hydrogen-bond acceptors (Lipinski definition) is 4. The molecule has 8 heteroatoms. The normalized spacial score (nSPS) is 11.1. The first-order valence-corrected chi connectivity index (χ1v) is 7.13. The van der Waals surface area contributed by atoms with Crippen molar-refractivity contribution in [1.82, 2.24) is 0 Å². The van der Waals surface area contributed by atoms with Crippen molar-refractivity contribution in [3.05, 3.63) is 28.3 Å². The van der Waals surface area contributed by atoms with E-state index in [2.05, 4.69) is 4.74 Å². The second-order valence-electron chi connectivity index (χ2n) is 2.66. The van der Waals surface area contributed by atoms with Gasteiger partial charge in [0.15, 0.2) is 0 Å². The number of ether oxygens (including phenoxy) is 1. The molecule has 15 heavy (non-hydrogen) atoms. The fourth-order valence-corrected chi connectivity index (χ4v) is 2.18. The number of methoxy groups -OCH3 is 1. The van der Waals surface area contributed by atoms with Crippen LogP contribution in [0.5, 0.6) is 5.75 Å². The Kier molecular flexibility index (Phi) is 3.18. The minimum atomic E-state index is -5.09. The number of hydrogen-bond donors (Lipinski definition) is 2. The molecule has 1 rings (SSSR count). The zero-order chi connectivity index (χ0) is 11.6. The number of rotatable bonds is 3. The first-order valence-electron chi connectivity index (χ1n) is 3.75. The molecular weight excluding hydrogens is 269 g/mol. The average molecular weight is 277 g/mol. The van der Waals surface area contributed by atoms with Crippen LogP contribution in [0.1, 0.15) is 0 Å². The van der Waals surface area contributed by atoms with Gasteiger partial charge >= 0.3 is 87.0 Å². The van der Waals surface area contributed by atoms with Crippen molar-refractivity contribution in [2.45, 2.75) is 0 Å². The van der Waals surface area contributed by atoms with E-state index in [0.29, 0.717) is 0 Å². The second-order valence-corrected chi connectivity index (χ2v) is 6.02. The Hall–Kier alpha value is -1.30. The van der Waals surface area contributed by atoms with Gasteiger partial charge in [-0.05, 0) is 0 Å². The summed E-state index contributed by atoms with van der Waals surface area (Å²) in [4.78, 5) is 9.78. The number of nitro benzene ring substituents is 1. The van der Waals surface area contributed by atoms with Gasteiger partial charge in [-0.3, -0.25) is 0 Å². The molecule has 82 valence electrons. The van der Waals surface area contributed by atoms with E-state index in [0.717, 1.165) is 18.2 Å². The minimum absolute atomic E-state index is 0.0345. The van der Waals surface area contributed by atoms with Crippen molar-refractivity contribution in [3.63, 3.8) is 0 Å². The summed E-state index contributed by atoms with van der Waals surface area (Å²) in [7, 11) is 1.24. The van der Waals surface area contributed by atoms with Gasteiger partial charge in [0.05, 0.1) is 0 Å². The molecule has 0 spiro atoms. The van der Waals surface area contributed by atoms with Crippen molar-refractivity contribution < 1.29 is 21.6 Å². The molecule has 0 saturated heterocycles. The van der Waals surface area contributed by atoms with E-state index in [9.17, 15) is 13.9 Å². The summed E-state index contributed by atoms with van der Waals surface area (Å²) in [6.07, 6.45) is 0. The van der Waals surface area contributed by atoms with Crippen LogP contribution in [-0.2, 0) is 3.74 Å². The van der Waals surface area contributed by atoms with E-state index in [-0.39, 0.29) is 10.1 Å². The van der Waals surface area contributed by atoms with Gasteiger partial charge in [0.1, 0.15) is 0 Å². The SMILES string of the molecule is COc1ccc([As](=O)(O)O)cc1[N+](=O)[O-]. The molecule has 0 aliphatic rings.